The summed E-state index contributed by atoms with van der Waals surface area (Å²) in [6.45, 7) is -0.212. The van der Waals surface area contributed by atoms with Gasteiger partial charge < -0.3 is 24.8 Å². The number of carbonyl (C=O) groups excluding carboxylic acids is 1. The van der Waals surface area contributed by atoms with E-state index < -0.39 is 11.9 Å². The zero-order valence-electron chi connectivity index (χ0n) is 17.5. The molecule has 9 nitrogen and oxygen atoms in total. The van der Waals surface area contributed by atoms with Crippen LogP contribution in [0.3, 0.4) is 0 Å². The Kier molecular flexibility index (Phi) is 6.30. The van der Waals surface area contributed by atoms with Gasteiger partial charge in [0.25, 0.3) is 0 Å². The zero-order valence-corrected chi connectivity index (χ0v) is 17.5. The number of phenolic OH excluding ortho intramolecular Hbond substituents is 2. The summed E-state index contributed by atoms with van der Waals surface area (Å²) in [6, 6.07) is 17.7. The van der Waals surface area contributed by atoms with Crippen molar-refractivity contribution >= 4 is 22.7 Å². The standard InChI is InChI=1S/C25H18O9/c26-15-6-8-21(14(11-15)13-32-31)33-22-9-10-23(18-4-2-1-3-17(18)22)34-25(30)19-7-5-16(27)12-20(19)24(28)29/h1-12,26-27,31H,13H2,(H,28,29). The van der Waals surface area contributed by atoms with Crippen LogP contribution in [0.4, 0.5) is 0 Å². The van der Waals surface area contributed by atoms with Crippen LogP contribution in [0.2, 0.25) is 0 Å². The van der Waals surface area contributed by atoms with Gasteiger partial charge in [-0.3, -0.25) is 5.26 Å². The van der Waals surface area contributed by atoms with Gasteiger partial charge in [0.05, 0.1) is 11.1 Å². The molecule has 0 saturated heterocycles. The van der Waals surface area contributed by atoms with Crippen LogP contribution in [0.15, 0.2) is 72.8 Å². The molecule has 0 atom stereocenters. The SMILES string of the molecule is O=C(O)c1cc(O)ccc1C(=O)Oc1ccc(Oc2ccc(O)cc2COO)c2ccccc12. The van der Waals surface area contributed by atoms with Crippen LogP contribution in [0.5, 0.6) is 28.7 Å². The summed E-state index contributed by atoms with van der Waals surface area (Å²) < 4.78 is 11.5. The van der Waals surface area contributed by atoms with E-state index in [4.69, 9.17) is 14.7 Å². The van der Waals surface area contributed by atoms with Crippen molar-refractivity contribution in [1.82, 2.24) is 0 Å². The highest BCUT2D eigenvalue weighted by Gasteiger charge is 2.21. The Labute approximate surface area is 192 Å². The number of aromatic hydroxyl groups is 2. The van der Waals surface area contributed by atoms with Gasteiger partial charge in [-0.25, -0.2) is 14.5 Å². The Morgan fingerprint density at radius 3 is 2.06 bits per heavy atom. The Morgan fingerprint density at radius 1 is 0.735 bits per heavy atom. The molecule has 4 rings (SSSR count). The number of esters is 1. The molecule has 0 aliphatic carbocycles. The highest BCUT2D eigenvalue weighted by Crippen LogP contribution is 2.37. The summed E-state index contributed by atoms with van der Waals surface area (Å²) in [7, 11) is 0. The number of carboxylic acid groups (broad SMARTS) is 1. The van der Waals surface area contributed by atoms with Gasteiger partial charge in [-0.05, 0) is 48.5 Å². The fourth-order valence-corrected chi connectivity index (χ4v) is 3.43. The van der Waals surface area contributed by atoms with Gasteiger partial charge in [0.2, 0.25) is 0 Å². The minimum Gasteiger partial charge on any atom is -0.508 e. The lowest BCUT2D eigenvalue weighted by atomic mass is 10.1. The van der Waals surface area contributed by atoms with Crippen LogP contribution in [0.1, 0.15) is 26.3 Å². The molecule has 0 bridgehead atoms. The number of fused-ring (bicyclic) bond motifs is 1. The average molecular weight is 462 g/mol. The van der Waals surface area contributed by atoms with Crippen LogP contribution < -0.4 is 9.47 Å². The van der Waals surface area contributed by atoms with Gasteiger partial charge in [-0.2, -0.15) is 0 Å². The van der Waals surface area contributed by atoms with Crippen LogP contribution in [0.25, 0.3) is 10.8 Å². The van der Waals surface area contributed by atoms with Crippen molar-refractivity contribution in [3.63, 3.8) is 0 Å². The molecule has 4 N–H and O–H groups in total. The number of ether oxygens (including phenoxy) is 2. The fourth-order valence-electron chi connectivity index (χ4n) is 3.43. The second-order valence-electron chi connectivity index (χ2n) is 7.20. The van der Waals surface area contributed by atoms with Gasteiger partial charge >= 0.3 is 11.9 Å². The van der Waals surface area contributed by atoms with Crippen molar-refractivity contribution < 1.29 is 44.5 Å². The van der Waals surface area contributed by atoms with E-state index in [-0.39, 0.29) is 35.0 Å². The molecule has 0 saturated carbocycles. The minimum atomic E-state index is -1.38. The molecule has 172 valence electrons. The third-order valence-corrected chi connectivity index (χ3v) is 4.98. The average Bonchev–Trinajstić information content (AvgIpc) is 2.82. The van der Waals surface area contributed by atoms with Gasteiger partial charge in [-0.15, -0.1) is 0 Å². The van der Waals surface area contributed by atoms with Gasteiger partial charge in [0, 0.05) is 16.3 Å². The largest absolute Gasteiger partial charge is 0.508 e. The molecule has 0 spiro atoms. The smallest absolute Gasteiger partial charge is 0.344 e. The first-order chi connectivity index (χ1) is 16.4. The molecular weight excluding hydrogens is 444 g/mol. The molecular formula is C25H18O9. The van der Waals surface area contributed by atoms with Gasteiger partial charge in [0.1, 0.15) is 35.4 Å². The Morgan fingerprint density at radius 2 is 1.35 bits per heavy atom. The predicted octanol–water partition coefficient (Wildman–Crippen LogP) is 4.95. The lowest BCUT2D eigenvalue weighted by molar-refractivity contribution is -0.253. The van der Waals surface area contributed by atoms with E-state index in [1.54, 1.807) is 30.3 Å². The number of hydrogen-bond donors (Lipinski definition) is 4. The van der Waals surface area contributed by atoms with E-state index >= 15 is 0 Å². The van der Waals surface area contributed by atoms with E-state index in [0.29, 0.717) is 27.8 Å². The number of carbonyl (C=O) groups is 2. The van der Waals surface area contributed by atoms with E-state index in [1.807, 2.05) is 0 Å². The molecule has 4 aromatic rings. The maximum absolute atomic E-state index is 12.8. The van der Waals surface area contributed by atoms with Crippen molar-refractivity contribution in [2.45, 2.75) is 6.61 Å². The van der Waals surface area contributed by atoms with E-state index in [0.717, 1.165) is 6.07 Å². The highest BCUT2D eigenvalue weighted by molar-refractivity contribution is 6.04. The highest BCUT2D eigenvalue weighted by atomic mass is 17.1. The van der Waals surface area contributed by atoms with Crippen molar-refractivity contribution in [3.05, 3.63) is 89.5 Å². The van der Waals surface area contributed by atoms with Crippen molar-refractivity contribution in [3.8, 4) is 28.7 Å². The number of carboxylic acids is 1. The van der Waals surface area contributed by atoms with E-state index in [1.165, 1.54) is 36.4 Å². The lowest BCUT2D eigenvalue weighted by Crippen LogP contribution is -2.14. The third-order valence-electron chi connectivity index (χ3n) is 4.98. The predicted molar refractivity (Wildman–Crippen MR) is 120 cm³/mol. The monoisotopic (exact) mass is 462 g/mol. The summed E-state index contributed by atoms with van der Waals surface area (Å²) in [5.74, 6) is -1.71. The molecule has 0 fully saturated rings. The Balaban J connectivity index is 1.70. The van der Waals surface area contributed by atoms with Crippen LogP contribution in [-0.4, -0.2) is 32.5 Å². The summed E-state index contributed by atoms with van der Waals surface area (Å²) in [5.41, 5.74) is -0.205. The molecule has 9 heteroatoms. The Hall–Kier alpha value is -4.60. The topological polar surface area (TPSA) is 143 Å². The third kappa shape index (κ3) is 4.60. The van der Waals surface area contributed by atoms with Gasteiger partial charge in [-0.1, -0.05) is 24.3 Å². The number of benzene rings is 4. The Bertz CT molecular complexity index is 1390. The fraction of sp³-hybridized carbons (Fsp3) is 0.0400. The first-order valence-corrected chi connectivity index (χ1v) is 9.93. The molecule has 0 amide bonds. The molecule has 34 heavy (non-hydrogen) atoms. The summed E-state index contributed by atoms with van der Waals surface area (Å²) >= 11 is 0. The number of aromatic carboxylic acids is 1. The minimum absolute atomic E-state index is 0.0264. The summed E-state index contributed by atoms with van der Waals surface area (Å²) in [5, 5.41) is 38.5. The number of rotatable bonds is 7. The lowest BCUT2D eigenvalue weighted by Gasteiger charge is -2.15. The second kappa shape index (κ2) is 9.49. The number of hydrogen-bond acceptors (Lipinski definition) is 8. The maximum atomic E-state index is 12.8. The summed E-state index contributed by atoms with van der Waals surface area (Å²) in [6.07, 6.45) is 0. The van der Waals surface area contributed by atoms with Crippen LogP contribution >= 0.6 is 0 Å². The normalized spacial score (nSPS) is 10.7. The molecule has 0 aromatic heterocycles. The molecule has 0 unspecified atom stereocenters. The molecule has 0 aliphatic heterocycles. The van der Waals surface area contributed by atoms with Crippen LogP contribution in [0, 0.1) is 0 Å². The number of phenols is 2. The second-order valence-corrected chi connectivity index (χ2v) is 7.20. The van der Waals surface area contributed by atoms with Crippen LogP contribution in [-0.2, 0) is 11.5 Å². The quantitative estimate of drug-likeness (QED) is 0.130. The van der Waals surface area contributed by atoms with E-state index in [2.05, 4.69) is 4.89 Å². The molecule has 0 heterocycles. The van der Waals surface area contributed by atoms with E-state index in [9.17, 15) is 24.9 Å². The van der Waals surface area contributed by atoms with Crippen molar-refractivity contribution in [2.24, 2.45) is 0 Å². The van der Waals surface area contributed by atoms with Gasteiger partial charge in [0.15, 0.2) is 0 Å². The molecule has 4 aromatic carbocycles. The summed E-state index contributed by atoms with van der Waals surface area (Å²) in [4.78, 5) is 28.4. The zero-order chi connectivity index (χ0) is 24.2. The molecule has 0 radical (unpaired) electrons. The van der Waals surface area contributed by atoms with Crippen molar-refractivity contribution in [1.29, 1.82) is 0 Å². The first kappa shape index (κ1) is 22.6. The van der Waals surface area contributed by atoms with Crippen molar-refractivity contribution in [2.75, 3.05) is 0 Å². The maximum Gasteiger partial charge on any atom is 0.344 e. The first-order valence-electron chi connectivity index (χ1n) is 9.93. The molecule has 0 aliphatic rings.